The first kappa shape index (κ1) is 42.9. The molecule has 0 spiro atoms. The number of benzene rings is 2. The van der Waals surface area contributed by atoms with E-state index in [1.54, 1.807) is 44.4 Å². The average Bonchev–Trinajstić information content (AvgIpc) is 3.22. The number of carbonyl (C=O) groups is 7. The maximum atomic E-state index is 14.7. The Kier molecular flexibility index (Phi) is 15.6. The van der Waals surface area contributed by atoms with Crippen molar-refractivity contribution in [3.8, 4) is 5.75 Å². The molecule has 6 amide bonds. The lowest BCUT2D eigenvalue weighted by Crippen LogP contribution is -2.61. The van der Waals surface area contributed by atoms with Crippen LogP contribution in [0.4, 0.5) is 0 Å². The van der Waals surface area contributed by atoms with Gasteiger partial charge in [0.2, 0.25) is 35.3 Å². The van der Waals surface area contributed by atoms with Crippen LogP contribution in [0.1, 0.15) is 107 Å². The van der Waals surface area contributed by atoms with Gasteiger partial charge in [-0.15, -0.1) is 0 Å². The van der Waals surface area contributed by atoms with Gasteiger partial charge in [0.25, 0.3) is 5.91 Å². The summed E-state index contributed by atoms with van der Waals surface area (Å²) in [6.07, 6.45) is 8.92. The number of nitrogens with one attached hydrogen (secondary N) is 4. The van der Waals surface area contributed by atoms with Crippen LogP contribution >= 0.6 is 0 Å². The minimum absolute atomic E-state index is 0.0758. The number of rotatable bonds is 12. The molecule has 3 aliphatic rings. The summed E-state index contributed by atoms with van der Waals surface area (Å²) in [5.74, 6) is -3.58. The van der Waals surface area contributed by atoms with Gasteiger partial charge in [-0.2, -0.15) is 0 Å². The third-order valence-electron chi connectivity index (χ3n) is 11.1. The normalized spacial score (nSPS) is 20.3. The molecule has 1 fully saturated rings. The Morgan fingerprint density at radius 2 is 1.61 bits per heavy atom. The average molecular weight is 787 g/mol. The maximum Gasteiger partial charge on any atom is 0.290 e. The highest BCUT2D eigenvalue weighted by atomic mass is 16.5. The number of amides is 6. The van der Waals surface area contributed by atoms with Crippen LogP contribution < -0.4 is 26.0 Å². The van der Waals surface area contributed by atoms with Crippen LogP contribution in [0.5, 0.6) is 5.75 Å². The van der Waals surface area contributed by atoms with Gasteiger partial charge in [-0.1, -0.05) is 81.8 Å². The minimum Gasteiger partial charge on any atom is -0.494 e. The van der Waals surface area contributed by atoms with E-state index in [1.807, 2.05) is 25.1 Å². The highest BCUT2D eigenvalue weighted by molar-refractivity contribution is 6.38. The van der Waals surface area contributed by atoms with Crippen LogP contribution in [0.15, 0.2) is 48.5 Å². The van der Waals surface area contributed by atoms with Crippen LogP contribution in [-0.4, -0.2) is 96.4 Å². The number of ketones is 1. The SMILES string of the molecule is CCC[C@H](NC(=O)[C@@H]1Cc2ccc3cc2CN1C(=O)[C@H](C1CCCCC1)NC(=O)CCCCCCO3)C(=O)C(=O)NCC(=O)N[C@H](C(=O)N(C)C)c1ccccc1. The number of hydrogen-bond donors (Lipinski definition) is 4. The topological polar surface area (TPSA) is 183 Å². The smallest absolute Gasteiger partial charge is 0.290 e. The zero-order valence-electron chi connectivity index (χ0n) is 33.5. The molecule has 14 heteroatoms. The molecule has 4 N–H and O–H groups in total. The van der Waals surface area contributed by atoms with Crippen LogP contribution in [0, 0.1) is 5.92 Å². The Bertz CT molecular complexity index is 1760. The molecule has 1 saturated carbocycles. The van der Waals surface area contributed by atoms with Gasteiger partial charge in [-0.25, -0.2) is 0 Å². The molecule has 2 aromatic rings. The van der Waals surface area contributed by atoms with Gasteiger partial charge in [0.05, 0.1) is 19.2 Å². The molecule has 1 aliphatic carbocycles. The van der Waals surface area contributed by atoms with Crippen molar-refractivity contribution in [3.63, 3.8) is 0 Å². The first-order valence-corrected chi connectivity index (χ1v) is 20.5. The fourth-order valence-electron chi connectivity index (χ4n) is 7.96. The number of hydrogen-bond acceptors (Lipinski definition) is 8. The van der Waals surface area contributed by atoms with Crippen LogP contribution in [0.2, 0.25) is 0 Å². The van der Waals surface area contributed by atoms with Gasteiger partial charge < -0.3 is 35.8 Å². The second kappa shape index (κ2) is 20.8. The molecule has 5 rings (SSSR count). The predicted octanol–water partition coefficient (Wildman–Crippen LogP) is 3.26. The summed E-state index contributed by atoms with van der Waals surface area (Å²) in [5, 5.41) is 10.8. The van der Waals surface area contributed by atoms with Crippen molar-refractivity contribution in [2.45, 2.75) is 121 Å². The Hall–Kier alpha value is -5.27. The summed E-state index contributed by atoms with van der Waals surface area (Å²) in [4.78, 5) is 97.8. The molecule has 4 atom stereocenters. The van der Waals surface area contributed by atoms with Crippen LogP contribution in [0.3, 0.4) is 0 Å². The number of fused-ring (bicyclic) bond motifs is 2. The Morgan fingerprint density at radius 3 is 2.33 bits per heavy atom. The second-order valence-electron chi connectivity index (χ2n) is 15.6. The van der Waals surface area contributed by atoms with E-state index in [0.717, 1.165) is 62.5 Å². The lowest BCUT2D eigenvalue weighted by Gasteiger charge is -2.40. The molecular formula is C43H58N6O8. The molecular weight excluding hydrogens is 729 g/mol. The van der Waals surface area contributed by atoms with E-state index in [9.17, 15) is 33.6 Å². The zero-order chi connectivity index (χ0) is 40.9. The van der Waals surface area contributed by atoms with E-state index < -0.39 is 54.2 Å². The number of nitrogens with zero attached hydrogens (tertiary/aromatic N) is 2. The number of Topliss-reactive ketones (excluding diaryl/α,β-unsaturated/α-hetero) is 1. The predicted molar refractivity (Wildman–Crippen MR) is 212 cm³/mol. The van der Waals surface area contributed by atoms with E-state index in [2.05, 4.69) is 21.3 Å². The number of ether oxygens (including phenoxy) is 1. The van der Waals surface area contributed by atoms with Crippen LogP contribution in [0.25, 0.3) is 0 Å². The van der Waals surface area contributed by atoms with Gasteiger partial charge in [0, 0.05) is 33.5 Å². The molecule has 0 radical (unpaired) electrons. The van der Waals surface area contributed by atoms with Gasteiger partial charge in [-0.3, -0.25) is 33.6 Å². The molecule has 0 unspecified atom stereocenters. The number of carbonyl (C=O) groups excluding carboxylic acids is 7. The van der Waals surface area contributed by atoms with Crippen molar-refractivity contribution in [3.05, 3.63) is 65.2 Å². The third kappa shape index (κ3) is 11.6. The monoisotopic (exact) mass is 786 g/mol. The molecule has 308 valence electrons. The van der Waals surface area contributed by atoms with Gasteiger partial charge in [0.1, 0.15) is 23.9 Å². The van der Waals surface area contributed by atoms with E-state index in [-0.39, 0.29) is 43.0 Å². The first-order chi connectivity index (χ1) is 27.5. The fourth-order valence-corrected chi connectivity index (χ4v) is 7.96. The lowest BCUT2D eigenvalue weighted by atomic mass is 9.82. The molecule has 0 aromatic heterocycles. The lowest BCUT2D eigenvalue weighted by molar-refractivity contribution is -0.147. The van der Waals surface area contributed by atoms with Crippen molar-refractivity contribution in [2.75, 3.05) is 27.2 Å². The fraction of sp³-hybridized carbons (Fsp3) is 0.558. The van der Waals surface area contributed by atoms with Crippen molar-refractivity contribution < 1.29 is 38.3 Å². The summed E-state index contributed by atoms with van der Waals surface area (Å²) < 4.78 is 6.04. The number of likely N-dealkylation sites (N-methyl/N-ethyl adjacent to an activating group) is 1. The summed E-state index contributed by atoms with van der Waals surface area (Å²) in [5.41, 5.74) is 2.25. The van der Waals surface area contributed by atoms with Gasteiger partial charge >= 0.3 is 0 Å². The molecule has 2 aliphatic heterocycles. The van der Waals surface area contributed by atoms with Gasteiger partial charge in [0.15, 0.2) is 0 Å². The van der Waals surface area contributed by atoms with E-state index >= 15 is 0 Å². The summed E-state index contributed by atoms with van der Waals surface area (Å²) in [6.45, 7) is 1.86. The minimum atomic E-state index is -1.23. The van der Waals surface area contributed by atoms with E-state index in [4.69, 9.17) is 4.74 Å². The largest absolute Gasteiger partial charge is 0.494 e. The Balaban J connectivity index is 1.33. The highest BCUT2D eigenvalue weighted by Gasteiger charge is 2.42. The Labute approximate surface area is 335 Å². The molecule has 2 heterocycles. The second-order valence-corrected chi connectivity index (χ2v) is 15.6. The molecule has 0 saturated heterocycles. The highest BCUT2D eigenvalue weighted by Crippen LogP contribution is 2.32. The van der Waals surface area contributed by atoms with Crippen molar-refractivity contribution in [1.82, 2.24) is 31.1 Å². The molecule has 2 aromatic carbocycles. The molecule has 57 heavy (non-hydrogen) atoms. The Morgan fingerprint density at radius 1 is 0.895 bits per heavy atom. The molecule has 3 bridgehead atoms. The summed E-state index contributed by atoms with van der Waals surface area (Å²) in [7, 11) is 3.13. The van der Waals surface area contributed by atoms with E-state index in [0.29, 0.717) is 37.2 Å². The van der Waals surface area contributed by atoms with Crippen molar-refractivity contribution >= 4 is 41.2 Å². The van der Waals surface area contributed by atoms with E-state index in [1.165, 1.54) is 9.80 Å². The summed E-state index contributed by atoms with van der Waals surface area (Å²) >= 11 is 0. The summed E-state index contributed by atoms with van der Waals surface area (Å²) in [6, 6.07) is 10.3. The van der Waals surface area contributed by atoms with Crippen molar-refractivity contribution in [2.24, 2.45) is 5.92 Å². The maximum absolute atomic E-state index is 14.7. The van der Waals surface area contributed by atoms with Crippen LogP contribution in [-0.2, 0) is 46.5 Å². The molecule has 14 nitrogen and oxygen atoms in total. The third-order valence-corrected chi connectivity index (χ3v) is 11.1. The zero-order valence-corrected chi connectivity index (χ0v) is 33.5. The standard InChI is InChI=1S/C43H58N6O8/c1-4-15-33(39(52)41(54)44-26-36(51)47-37(42(55)48(2)3)28-16-9-7-10-17-28)45-40(53)34-25-30-21-22-32-24-31(30)27-49(34)43(56)38(29-18-11-8-12-19-29)46-35(50)20-13-5-6-14-23-57-32/h7,9-10,16-17,21-22,24,29,33-34,37-38H,4-6,8,11-15,18-20,23,25-27H2,1-3H3,(H,44,54)(H,45,53)(H,46,50)(H,47,51)/t33-,34-,37-,38-/m0/s1. The quantitative estimate of drug-likeness (QED) is 0.237. The van der Waals surface area contributed by atoms with Gasteiger partial charge in [-0.05, 0) is 66.8 Å². The van der Waals surface area contributed by atoms with Crippen molar-refractivity contribution in [1.29, 1.82) is 0 Å². The first-order valence-electron chi connectivity index (χ1n) is 20.5.